The van der Waals surface area contributed by atoms with Gasteiger partial charge in [0.15, 0.2) is 0 Å². The first kappa shape index (κ1) is 15.0. The second kappa shape index (κ2) is 7.41. The largest absolute Gasteiger partial charge is 0.399 e. The summed E-state index contributed by atoms with van der Waals surface area (Å²) in [4.78, 5) is 6.43. The van der Waals surface area contributed by atoms with Crippen molar-refractivity contribution in [2.24, 2.45) is 0 Å². The highest BCUT2D eigenvalue weighted by molar-refractivity contribution is 5.41. The number of nitriles is 1. The van der Waals surface area contributed by atoms with Crippen molar-refractivity contribution < 1.29 is 0 Å². The van der Waals surface area contributed by atoms with E-state index in [1.54, 1.807) is 6.20 Å². The van der Waals surface area contributed by atoms with Crippen molar-refractivity contribution in [3.63, 3.8) is 0 Å². The van der Waals surface area contributed by atoms with Crippen LogP contribution in [0.1, 0.15) is 30.5 Å². The second-order valence-corrected chi connectivity index (χ2v) is 5.09. The Balaban J connectivity index is 2.17. The minimum absolute atomic E-state index is 0.196. The summed E-state index contributed by atoms with van der Waals surface area (Å²) in [6, 6.07) is 14.3. The minimum Gasteiger partial charge on any atom is -0.399 e. The third kappa shape index (κ3) is 4.30. The summed E-state index contributed by atoms with van der Waals surface area (Å²) in [6.07, 6.45) is 4.14. The maximum atomic E-state index is 8.87. The summed E-state index contributed by atoms with van der Waals surface area (Å²) in [6.45, 7) is 3.63. The van der Waals surface area contributed by atoms with Gasteiger partial charge in [-0.2, -0.15) is 5.26 Å². The molecule has 0 fully saturated rings. The lowest BCUT2D eigenvalue weighted by molar-refractivity contribution is 0.206. The molecule has 0 aliphatic heterocycles. The summed E-state index contributed by atoms with van der Waals surface area (Å²) in [5.74, 6) is 0. The summed E-state index contributed by atoms with van der Waals surface area (Å²) in [5, 5.41) is 8.87. The van der Waals surface area contributed by atoms with E-state index >= 15 is 0 Å². The Morgan fingerprint density at radius 2 is 2.19 bits per heavy atom. The monoisotopic (exact) mass is 280 g/mol. The van der Waals surface area contributed by atoms with Crippen molar-refractivity contribution in [1.29, 1.82) is 5.26 Å². The van der Waals surface area contributed by atoms with E-state index in [1.807, 2.05) is 30.5 Å². The van der Waals surface area contributed by atoms with E-state index in [0.29, 0.717) is 6.42 Å². The Morgan fingerprint density at radius 1 is 1.33 bits per heavy atom. The van der Waals surface area contributed by atoms with E-state index in [2.05, 4.69) is 35.0 Å². The van der Waals surface area contributed by atoms with Gasteiger partial charge in [0.25, 0.3) is 0 Å². The maximum Gasteiger partial charge on any atom is 0.0635 e. The van der Waals surface area contributed by atoms with E-state index in [-0.39, 0.29) is 6.04 Å². The predicted molar refractivity (Wildman–Crippen MR) is 84.1 cm³/mol. The van der Waals surface area contributed by atoms with E-state index in [0.717, 1.165) is 29.9 Å². The molecule has 0 amide bonds. The van der Waals surface area contributed by atoms with Crippen molar-refractivity contribution in [1.82, 2.24) is 9.88 Å². The van der Waals surface area contributed by atoms with Gasteiger partial charge in [-0.3, -0.25) is 9.88 Å². The van der Waals surface area contributed by atoms with Crippen LogP contribution in [0.2, 0.25) is 0 Å². The number of aromatic nitrogens is 1. The second-order valence-electron chi connectivity index (χ2n) is 5.09. The first-order chi connectivity index (χ1) is 10.2. The maximum absolute atomic E-state index is 8.87. The van der Waals surface area contributed by atoms with Crippen LogP contribution < -0.4 is 5.73 Å². The van der Waals surface area contributed by atoms with Crippen LogP contribution in [-0.4, -0.2) is 16.4 Å². The van der Waals surface area contributed by atoms with Crippen LogP contribution in [0, 0.1) is 11.3 Å². The zero-order valence-electron chi connectivity index (χ0n) is 12.2. The Kier molecular flexibility index (Phi) is 5.30. The van der Waals surface area contributed by atoms with Gasteiger partial charge in [-0.15, -0.1) is 0 Å². The van der Waals surface area contributed by atoms with Crippen LogP contribution in [0.5, 0.6) is 0 Å². The van der Waals surface area contributed by atoms with Crippen LogP contribution in [0.4, 0.5) is 5.69 Å². The zero-order chi connectivity index (χ0) is 15.1. The Morgan fingerprint density at radius 3 is 2.86 bits per heavy atom. The lowest BCUT2D eigenvalue weighted by Gasteiger charge is -2.29. The molecule has 108 valence electrons. The lowest BCUT2D eigenvalue weighted by Crippen LogP contribution is -2.27. The number of nitrogens with two attached hydrogens (primary N) is 1. The summed E-state index contributed by atoms with van der Waals surface area (Å²) >= 11 is 0. The van der Waals surface area contributed by atoms with Gasteiger partial charge in [-0.1, -0.05) is 18.2 Å². The number of hydrogen-bond donors (Lipinski definition) is 1. The molecule has 2 N–H and O–H groups in total. The van der Waals surface area contributed by atoms with Gasteiger partial charge < -0.3 is 5.73 Å². The number of nitrogen functional groups attached to an aromatic ring is 1. The molecule has 1 heterocycles. The molecular weight excluding hydrogens is 260 g/mol. The van der Waals surface area contributed by atoms with Crippen molar-refractivity contribution in [3.8, 4) is 6.07 Å². The quantitative estimate of drug-likeness (QED) is 0.825. The highest BCUT2D eigenvalue weighted by Gasteiger charge is 2.16. The Hall–Kier alpha value is -2.38. The number of benzene rings is 1. The highest BCUT2D eigenvalue weighted by atomic mass is 15.1. The highest BCUT2D eigenvalue weighted by Crippen LogP contribution is 2.23. The van der Waals surface area contributed by atoms with Crippen molar-refractivity contribution in [2.75, 3.05) is 12.3 Å². The topological polar surface area (TPSA) is 65.9 Å². The Bertz CT molecular complexity index is 604. The average Bonchev–Trinajstić information content (AvgIpc) is 2.51. The number of rotatable bonds is 6. The number of anilines is 1. The summed E-state index contributed by atoms with van der Waals surface area (Å²) < 4.78 is 0. The fourth-order valence-electron chi connectivity index (χ4n) is 2.36. The molecule has 2 aromatic rings. The van der Waals surface area contributed by atoms with Crippen LogP contribution in [0.25, 0.3) is 0 Å². The Labute approximate surface area is 125 Å². The van der Waals surface area contributed by atoms with E-state index in [4.69, 9.17) is 11.0 Å². The third-order valence-electron chi connectivity index (χ3n) is 3.56. The molecule has 1 atom stereocenters. The molecule has 0 aliphatic carbocycles. The van der Waals surface area contributed by atoms with Gasteiger partial charge in [-0.25, -0.2) is 0 Å². The van der Waals surface area contributed by atoms with Gasteiger partial charge in [0, 0.05) is 43.6 Å². The summed E-state index contributed by atoms with van der Waals surface area (Å²) in [5.41, 5.74) is 8.94. The van der Waals surface area contributed by atoms with Crippen LogP contribution in [-0.2, 0) is 6.54 Å². The normalized spacial score (nSPS) is 12.0. The zero-order valence-corrected chi connectivity index (χ0v) is 12.2. The van der Waals surface area contributed by atoms with E-state index < -0.39 is 0 Å². The predicted octanol–water partition coefficient (Wildman–Crippen LogP) is 3.14. The number of hydrogen-bond acceptors (Lipinski definition) is 4. The van der Waals surface area contributed by atoms with Crippen molar-refractivity contribution in [3.05, 3.63) is 59.9 Å². The summed E-state index contributed by atoms with van der Waals surface area (Å²) in [7, 11) is 0. The SMILES string of the molecule is CC(c1cccc(N)c1)N(CCC#N)Cc1cccnc1. The van der Waals surface area contributed by atoms with Crippen LogP contribution >= 0.6 is 0 Å². The molecule has 0 aliphatic rings. The molecule has 2 rings (SSSR count). The fraction of sp³-hybridized carbons (Fsp3) is 0.294. The minimum atomic E-state index is 0.196. The fourth-order valence-corrected chi connectivity index (χ4v) is 2.36. The molecule has 1 aromatic heterocycles. The number of pyridine rings is 1. The van der Waals surface area contributed by atoms with Gasteiger partial charge >= 0.3 is 0 Å². The molecule has 1 unspecified atom stereocenters. The molecule has 0 saturated heterocycles. The molecule has 0 radical (unpaired) electrons. The van der Waals surface area contributed by atoms with Crippen molar-refractivity contribution >= 4 is 5.69 Å². The standard InChI is InChI=1S/C17H20N4/c1-14(16-6-2-7-17(19)11-16)21(10-4-8-18)13-15-5-3-9-20-12-15/h2-3,5-7,9,11-12,14H,4,10,13,19H2,1H3. The smallest absolute Gasteiger partial charge is 0.0635 e. The molecular formula is C17H20N4. The average molecular weight is 280 g/mol. The molecule has 0 saturated carbocycles. The molecule has 1 aromatic carbocycles. The molecule has 4 nitrogen and oxygen atoms in total. The first-order valence-corrected chi connectivity index (χ1v) is 7.06. The van der Waals surface area contributed by atoms with Crippen LogP contribution in [0.15, 0.2) is 48.8 Å². The first-order valence-electron chi connectivity index (χ1n) is 7.06. The molecule has 0 bridgehead atoms. The van der Waals surface area contributed by atoms with Gasteiger partial charge in [0.2, 0.25) is 0 Å². The molecule has 4 heteroatoms. The van der Waals surface area contributed by atoms with Gasteiger partial charge in [0.05, 0.1) is 6.07 Å². The van der Waals surface area contributed by atoms with Gasteiger partial charge in [0.1, 0.15) is 0 Å². The van der Waals surface area contributed by atoms with E-state index in [1.165, 1.54) is 0 Å². The molecule has 21 heavy (non-hydrogen) atoms. The lowest BCUT2D eigenvalue weighted by atomic mass is 10.1. The van der Waals surface area contributed by atoms with Crippen LogP contribution in [0.3, 0.4) is 0 Å². The van der Waals surface area contributed by atoms with Crippen molar-refractivity contribution in [2.45, 2.75) is 25.9 Å². The third-order valence-corrected chi connectivity index (χ3v) is 3.56. The van der Waals surface area contributed by atoms with Gasteiger partial charge in [-0.05, 0) is 36.2 Å². The number of nitrogens with zero attached hydrogens (tertiary/aromatic N) is 3. The van der Waals surface area contributed by atoms with E-state index in [9.17, 15) is 0 Å². The molecule has 0 spiro atoms.